The van der Waals surface area contributed by atoms with Crippen molar-refractivity contribution in [2.24, 2.45) is 16.9 Å². The minimum absolute atomic E-state index is 0.122. The molecule has 1 heterocycles. The number of amides is 1. The van der Waals surface area contributed by atoms with Gasteiger partial charge in [-0.3, -0.25) is 4.79 Å². The van der Waals surface area contributed by atoms with Crippen LogP contribution in [0.5, 0.6) is 0 Å². The maximum Gasteiger partial charge on any atom is 0.435 e. The second kappa shape index (κ2) is 8.10. The molecule has 1 aromatic carbocycles. The van der Waals surface area contributed by atoms with Gasteiger partial charge in [0.25, 0.3) is 5.91 Å². The minimum Gasteiger partial charge on any atom is -0.382 e. The van der Waals surface area contributed by atoms with Gasteiger partial charge in [-0.1, -0.05) is 13.8 Å². The van der Waals surface area contributed by atoms with Crippen molar-refractivity contribution in [3.8, 4) is 5.69 Å². The highest BCUT2D eigenvalue weighted by Crippen LogP contribution is 2.42. The van der Waals surface area contributed by atoms with Crippen LogP contribution in [0.1, 0.15) is 73.3 Å². The fourth-order valence-electron chi connectivity index (χ4n) is 4.86. The van der Waals surface area contributed by atoms with Gasteiger partial charge in [-0.05, 0) is 68.6 Å². The van der Waals surface area contributed by atoms with Crippen LogP contribution in [0.25, 0.3) is 5.69 Å². The number of carbonyl (C=O) groups is 1. The van der Waals surface area contributed by atoms with Gasteiger partial charge in [0.2, 0.25) is 0 Å². The molecule has 4 rings (SSSR count). The van der Waals surface area contributed by atoms with Gasteiger partial charge in [-0.25, -0.2) is 4.68 Å². The molecule has 32 heavy (non-hydrogen) atoms. The highest BCUT2D eigenvalue weighted by molar-refractivity contribution is 5.99. The number of primary amides is 1. The summed E-state index contributed by atoms with van der Waals surface area (Å²) in [6, 6.07) is 5.15. The van der Waals surface area contributed by atoms with Crippen LogP contribution in [-0.4, -0.2) is 27.8 Å². The molecule has 2 aliphatic rings. The largest absolute Gasteiger partial charge is 0.435 e. The second-order valence-corrected chi connectivity index (χ2v) is 9.87. The number of nitrogens with one attached hydrogen (secondary N) is 1. The first-order valence-corrected chi connectivity index (χ1v) is 11.1. The van der Waals surface area contributed by atoms with Gasteiger partial charge in [-0.15, -0.1) is 0 Å². The molecule has 6 nitrogen and oxygen atoms in total. The smallest absolute Gasteiger partial charge is 0.382 e. The lowest BCUT2D eigenvalue weighted by molar-refractivity contribution is -0.142. The maximum atomic E-state index is 13.7. The van der Waals surface area contributed by atoms with Crippen LogP contribution >= 0.6 is 0 Å². The number of carbonyl (C=O) groups excluding carboxylic acids is 1. The Balaban J connectivity index is 1.77. The molecule has 174 valence electrons. The molecule has 1 saturated carbocycles. The zero-order valence-corrected chi connectivity index (χ0v) is 18.4. The van der Waals surface area contributed by atoms with Crippen molar-refractivity contribution in [2.75, 3.05) is 5.32 Å². The third-order valence-corrected chi connectivity index (χ3v) is 6.70. The second-order valence-electron chi connectivity index (χ2n) is 9.87. The Morgan fingerprint density at radius 1 is 1.22 bits per heavy atom. The normalized spacial score (nSPS) is 22.9. The minimum atomic E-state index is -4.52. The fourth-order valence-corrected chi connectivity index (χ4v) is 4.86. The summed E-state index contributed by atoms with van der Waals surface area (Å²) in [7, 11) is 0. The van der Waals surface area contributed by atoms with E-state index in [-0.39, 0.29) is 23.1 Å². The lowest BCUT2D eigenvalue weighted by Gasteiger charge is -2.30. The predicted octanol–water partition coefficient (Wildman–Crippen LogP) is 4.19. The Bertz CT molecular complexity index is 1020. The van der Waals surface area contributed by atoms with E-state index >= 15 is 0 Å². The first-order chi connectivity index (χ1) is 14.9. The zero-order chi connectivity index (χ0) is 23.3. The average Bonchev–Trinajstić information content (AvgIpc) is 3.07. The standard InChI is InChI=1S/C23H30F3N5O/c1-22(2)10-9-17-19(12-22)31(30-20(17)23(24,25)26)15-7-8-16(21(28)32)18(11-15)29-14-5-3-13(27)4-6-14/h7-8,11,13-14,29H,3-6,9-10,12,27H2,1-2H3,(H2,28,32). The molecule has 5 N–H and O–H groups in total. The number of fused-ring (bicyclic) bond motifs is 1. The monoisotopic (exact) mass is 449 g/mol. The number of hydrogen-bond donors (Lipinski definition) is 3. The number of nitrogens with two attached hydrogens (primary N) is 2. The van der Waals surface area contributed by atoms with E-state index in [0.717, 1.165) is 25.7 Å². The van der Waals surface area contributed by atoms with Crippen LogP contribution in [0, 0.1) is 5.41 Å². The van der Waals surface area contributed by atoms with E-state index in [2.05, 4.69) is 24.3 Å². The van der Waals surface area contributed by atoms with E-state index in [1.54, 1.807) is 18.2 Å². The van der Waals surface area contributed by atoms with Gasteiger partial charge >= 0.3 is 6.18 Å². The topological polar surface area (TPSA) is 99.0 Å². The summed E-state index contributed by atoms with van der Waals surface area (Å²) in [5.41, 5.74) is 12.8. The molecule has 0 radical (unpaired) electrons. The van der Waals surface area contributed by atoms with Crippen LogP contribution in [-0.2, 0) is 19.0 Å². The lowest BCUT2D eigenvalue weighted by atomic mass is 9.76. The fraction of sp³-hybridized carbons (Fsp3) is 0.565. The lowest BCUT2D eigenvalue weighted by Crippen LogP contribution is -2.33. The first-order valence-electron chi connectivity index (χ1n) is 11.1. The third kappa shape index (κ3) is 4.48. The Morgan fingerprint density at radius 2 is 1.91 bits per heavy atom. The van der Waals surface area contributed by atoms with E-state index in [1.807, 2.05) is 0 Å². The summed E-state index contributed by atoms with van der Waals surface area (Å²) in [6.45, 7) is 4.11. The summed E-state index contributed by atoms with van der Waals surface area (Å²) >= 11 is 0. The van der Waals surface area contributed by atoms with Gasteiger partial charge in [0.05, 0.1) is 11.3 Å². The summed E-state index contributed by atoms with van der Waals surface area (Å²) in [6.07, 6.45) is 0.439. The number of alkyl halides is 3. The number of benzene rings is 1. The Hall–Kier alpha value is -2.55. The summed E-state index contributed by atoms with van der Waals surface area (Å²) in [4.78, 5) is 12.0. The summed E-state index contributed by atoms with van der Waals surface area (Å²) < 4.78 is 42.6. The zero-order valence-electron chi connectivity index (χ0n) is 18.4. The van der Waals surface area contributed by atoms with Gasteiger partial charge < -0.3 is 16.8 Å². The molecule has 0 spiro atoms. The summed E-state index contributed by atoms with van der Waals surface area (Å²) in [5, 5.41) is 7.38. The molecule has 2 aliphatic carbocycles. The van der Waals surface area contributed by atoms with E-state index < -0.39 is 17.8 Å². The van der Waals surface area contributed by atoms with Crippen molar-refractivity contribution in [1.29, 1.82) is 0 Å². The highest BCUT2D eigenvalue weighted by atomic mass is 19.4. The van der Waals surface area contributed by atoms with Crippen molar-refractivity contribution in [3.05, 3.63) is 40.7 Å². The van der Waals surface area contributed by atoms with Crippen molar-refractivity contribution in [1.82, 2.24) is 9.78 Å². The molecule has 0 bridgehead atoms. The molecular formula is C23H30F3N5O. The number of rotatable bonds is 4. The average molecular weight is 450 g/mol. The Morgan fingerprint density at radius 3 is 2.53 bits per heavy atom. The molecule has 0 atom stereocenters. The van der Waals surface area contributed by atoms with E-state index in [9.17, 15) is 18.0 Å². The van der Waals surface area contributed by atoms with Crippen LogP contribution in [0.4, 0.5) is 18.9 Å². The predicted molar refractivity (Wildman–Crippen MR) is 117 cm³/mol. The SMILES string of the molecule is CC1(C)CCc2c(C(F)(F)F)nn(-c3ccc(C(N)=O)c(NC4CCC(N)CC4)c3)c2C1. The van der Waals surface area contributed by atoms with Crippen molar-refractivity contribution in [2.45, 2.75) is 77.1 Å². The van der Waals surface area contributed by atoms with E-state index in [0.29, 0.717) is 41.9 Å². The molecule has 0 saturated heterocycles. The van der Waals surface area contributed by atoms with Gasteiger partial charge in [0.15, 0.2) is 5.69 Å². The first kappa shape index (κ1) is 22.6. The third-order valence-electron chi connectivity index (χ3n) is 6.70. The van der Waals surface area contributed by atoms with Gasteiger partial charge in [0.1, 0.15) is 0 Å². The van der Waals surface area contributed by atoms with Crippen molar-refractivity contribution in [3.63, 3.8) is 0 Å². The van der Waals surface area contributed by atoms with Crippen molar-refractivity contribution >= 4 is 11.6 Å². The molecule has 2 aromatic rings. The highest BCUT2D eigenvalue weighted by Gasteiger charge is 2.42. The van der Waals surface area contributed by atoms with Gasteiger partial charge in [0, 0.05) is 29.0 Å². The quantitative estimate of drug-likeness (QED) is 0.652. The van der Waals surface area contributed by atoms with Crippen LogP contribution in [0.15, 0.2) is 18.2 Å². The number of halogens is 3. The number of anilines is 1. The maximum absolute atomic E-state index is 13.7. The van der Waals surface area contributed by atoms with Crippen LogP contribution in [0.2, 0.25) is 0 Å². The molecule has 0 unspecified atom stereocenters. The van der Waals surface area contributed by atoms with Gasteiger partial charge in [-0.2, -0.15) is 18.3 Å². The number of nitrogens with zero attached hydrogens (tertiary/aromatic N) is 2. The van der Waals surface area contributed by atoms with E-state index in [4.69, 9.17) is 11.5 Å². The molecule has 9 heteroatoms. The van der Waals surface area contributed by atoms with Crippen LogP contribution in [0.3, 0.4) is 0 Å². The van der Waals surface area contributed by atoms with Crippen molar-refractivity contribution < 1.29 is 18.0 Å². The molecule has 1 aromatic heterocycles. The summed E-state index contributed by atoms with van der Waals surface area (Å²) in [5.74, 6) is -0.592. The molecule has 0 aliphatic heterocycles. The number of aromatic nitrogens is 2. The molecule has 1 amide bonds. The van der Waals surface area contributed by atoms with E-state index in [1.165, 1.54) is 4.68 Å². The number of hydrogen-bond acceptors (Lipinski definition) is 4. The molecular weight excluding hydrogens is 419 g/mol. The Labute approximate surface area is 185 Å². The van der Waals surface area contributed by atoms with Crippen LogP contribution < -0.4 is 16.8 Å². The molecule has 1 fully saturated rings. The Kier molecular flexibility index (Phi) is 5.73.